The van der Waals surface area contributed by atoms with Crippen LogP contribution in [0.4, 0.5) is 5.69 Å². The van der Waals surface area contributed by atoms with Crippen LogP contribution in [0.2, 0.25) is 0 Å². The van der Waals surface area contributed by atoms with Crippen molar-refractivity contribution in [1.29, 1.82) is 0 Å². The fourth-order valence-corrected chi connectivity index (χ4v) is 5.52. The minimum absolute atomic E-state index is 0.0149. The van der Waals surface area contributed by atoms with Gasteiger partial charge < -0.3 is 14.5 Å². The zero-order chi connectivity index (χ0) is 25.7. The van der Waals surface area contributed by atoms with Crippen molar-refractivity contribution in [2.75, 3.05) is 31.6 Å². The number of carbonyl (C=O) groups is 1. The molecule has 3 aromatic carbocycles. The summed E-state index contributed by atoms with van der Waals surface area (Å²) in [6.07, 6.45) is 0.444. The number of hydrogen-bond acceptors (Lipinski definition) is 8. The van der Waals surface area contributed by atoms with Gasteiger partial charge in [-0.3, -0.25) is 9.69 Å². The quantitative estimate of drug-likeness (QED) is 0.306. The van der Waals surface area contributed by atoms with E-state index >= 15 is 0 Å². The lowest BCUT2D eigenvalue weighted by atomic mass is 10.1. The predicted octanol–water partition coefficient (Wildman–Crippen LogP) is 4.95. The molecule has 1 aliphatic heterocycles. The van der Waals surface area contributed by atoms with Crippen LogP contribution >= 0.6 is 11.3 Å². The summed E-state index contributed by atoms with van der Waals surface area (Å²) in [6.45, 7) is 4.19. The lowest BCUT2D eigenvalue weighted by Crippen LogP contribution is -2.35. The highest BCUT2D eigenvalue weighted by Crippen LogP contribution is 2.29. The number of aromatic nitrogens is 3. The van der Waals surface area contributed by atoms with Crippen molar-refractivity contribution in [3.05, 3.63) is 95.1 Å². The number of anilines is 1. The van der Waals surface area contributed by atoms with Gasteiger partial charge in [-0.25, -0.2) is 4.98 Å². The van der Waals surface area contributed by atoms with E-state index in [2.05, 4.69) is 50.7 Å². The standard InChI is InChI=1S/C29H27N5O3S/c35-26(30-23-8-4-5-20(15-23)19-34-11-13-36-14-12-34)17-27-32-33-28(37-27)18-29-31-24-10-9-22(16-25(24)38-29)21-6-2-1-3-7-21/h1-10,15-16H,11-14,17-19H2,(H,30,35). The third-order valence-corrected chi connectivity index (χ3v) is 7.40. The largest absolute Gasteiger partial charge is 0.424 e. The fraction of sp³-hybridized carbons (Fsp3) is 0.241. The molecule has 1 aliphatic rings. The van der Waals surface area contributed by atoms with Crippen molar-refractivity contribution in [2.24, 2.45) is 0 Å². The highest BCUT2D eigenvalue weighted by atomic mass is 32.1. The molecule has 0 atom stereocenters. The van der Waals surface area contributed by atoms with E-state index in [1.54, 1.807) is 11.3 Å². The van der Waals surface area contributed by atoms with Crippen LogP contribution in [-0.2, 0) is 28.9 Å². The van der Waals surface area contributed by atoms with Crippen LogP contribution in [0.15, 0.2) is 77.2 Å². The molecule has 0 spiro atoms. The van der Waals surface area contributed by atoms with Gasteiger partial charge in [0.1, 0.15) is 11.4 Å². The first kappa shape index (κ1) is 24.4. The van der Waals surface area contributed by atoms with Crippen LogP contribution in [0, 0.1) is 0 Å². The number of carbonyl (C=O) groups excluding carboxylic acids is 1. The maximum atomic E-state index is 12.6. The van der Waals surface area contributed by atoms with Crippen molar-refractivity contribution < 1.29 is 13.9 Å². The Bertz CT molecular complexity index is 1540. The van der Waals surface area contributed by atoms with E-state index in [1.165, 1.54) is 5.56 Å². The molecule has 0 radical (unpaired) electrons. The molecule has 3 heterocycles. The molecular weight excluding hydrogens is 498 g/mol. The maximum absolute atomic E-state index is 12.6. The molecule has 6 rings (SSSR count). The smallest absolute Gasteiger partial charge is 0.233 e. The average molecular weight is 526 g/mol. The lowest BCUT2D eigenvalue weighted by Gasteiger charge is -2.26. The summed E-state index contributed by atoms with van der Waals surface area (Å²) in [5.74, 6) is 0.536. The van der Waals surface area contributed by atoms with E-state index in [0.717, 1.165) is 64.9 Å². The van der Waals surface area contributed by atoms with Gasteiger partial charge in [-0.15, -0.1) is 21.5 Å². The molecule has 9 heteroatoms. The predicted molar refractivity (Wildman–Crippen MR) is 147 cm³/mol. The van der Waals surface area contributed by atoms with Crippen molar-refractivity contribution >= 4 is 33.1 Å². The summed E-state index contributed by atoms with van der Waals surface area (Å²) >= 11 is 1.61. The third-order valence-electron chi connectivity index (χ3n) is 6.38. The van der Waals surface area contributed by atoms with Crippen molar-refractivity contribution in [1.82, 2.24) is 20.1 Å². The van der Waals surface area contributed by atoms with Gasteiger partial charge in [-0.2, -0.15) is 0 Å². The topological polar surface area (TPSA) is 93.4 Å². The van der Waals surface area contributed by atoms with Crippen molar-refractivity contribution in [3.63, 3.8) is 0 Å². The second-order valence-electron chi connectivity index (χ2n) is 9.24. The SMILES string of the molecule is O=C(Cc1nnc(Cc2nc3ccc(-c4ccccc4)cc3s2)o1)Nc1cccc(CN2CCOCC2)c1. The number of morpholine rings is 1. The molecule has 38 heavy (non-hydrogen) atoms. The number of benzene rings is 3. The Kier molecular flexibility index (Phi) is 7.21. The molecule has 0 aliphatic carbocycles. The third kappa shape index (κ3) is 5.96. The summed E-state index contributed by atoms with van der Waals surface area (Å²) in [4.78, 5) is 19.7. The van der Waals surface area contributed by atoms with E-state index in [-0.39, 0.29) is 18.2 Å². The van der Waals surface area contributed by atoms with Gasteiger partial charge in [-0.1, -0.05) is 48.5 Å². The highest BCUT2D eigenvalue weighted by molar-refractivity contribution is 7.18. The first-order valence-corrected chi connectivity index (χ1v) is 13.4. The molecule has 0 saturated carbocycles. The van der Waals surface area contributed by atoms with Gasteiger partial charge in [-0.05, 0) is 41.0 Å². The van der Waals surface area contributed by atoms with E-state index in [1.807, 2.05) is 42.5 Å². The second kappa shape index (κ2) is 11.2. The normalized spacial score (nSPS) is 14.1. The Labute approximate surface area is 224 Å². The molecule has 1 N–H and O–H groups in total. The summed E-state index contributed by atoms with van der Waals surface area (Å²) in [7, 11) is 0. The van der Waals surface area contributed by atoms with E-state index in [4.69, 9.17) is 14.1 Å². The molecular formula is C29H27N5O3S. The first-order chi connectivity index (χ1) is 18.7. The minimum atomic E-state index is -0.197. The van der Waals surface area contributed by atoms with Gasteiger partial charge in [0.05, 0.1) is 29.9 Å². The Balaban J connectivity index is 1.06. The van der Waals surface area contributed by atoms with Gasteiger partial charge in [0.15, 0.2) is 0 Å². The number of hydrogen-bond donors (Lipinski definition) is 1. The van der Waals surface area contributed by atoms with Gasteiger partial charge >= 0.3 is 0 Å². The van der Waals surface area contributed by atoms with E-state index in [0.29, 0.717) is 12.3 Å². The summed E-state index contributed by atoms with van der Waals surface area (Å²) in [6, 6.07) is 24.5. The monoisotopic (exact) mass is 525 g/mol. The second-order valence-corrected chi connectivity index (χ2v) is 10.4. The van der Waals surface area contributed by atoms with Gasteiger partial charge in [0, 0.05) is 25.3 Å². The molecule has 0 unspecified atom stereocenters. The molecule has 192 valence electrons. The number of nitrogens with one attached hydrogen (secondary N) is 1. The van der Waals surface area contributed by atoms with Crippen LogP contribution in [0.1, 0.15) is 22.4 Å². The Morgan fingerprint density at radius 2 is 1.76 bits per heavy atom. The van der Waals surface area contributed by atoms with Crippen LogP contribution in [0.3, 0.4) is 0 Å². The molecule has 1 amide bonds. The number of thiazole rings is 1. The van der Waals surface area contributed by atoms with E-state index < -0.39 is 0 Å². The van der Waals surface area contributed by atoms with Crippen LogP contribution in [0.25, 0.3) is 21.3 Å². The molecule has 2 aromatic heterocycles. The molecule has 8 nitrogen and oxygen atoms in total. The van der Waals surface area contributed by atoms with Crippen LogP contribution in [0.5, 0.6) is 0 Å². The zero-order valence-electron chi connectivity index (χ0n) is 20.8. The highest BCUT2D eigenvalue weighted by Gasteiger charge is 2.15. The van der Waals surface area contributed by atoms with Crippen LogP contribution in [-0.4, -0.2) is 52.3 Å². The molecule has 1 saturated heterocycles. The fourth-order valence-electron chi connectivity index (χ4n) is 4.53. The number of ether oxygens (including phenoxy) is 1. The zero-order valence-corrected chi connectivity index (χ0v) is 21.6. The van der Waals surface area contributed by atoms with Crippen molar-refractivity contribution in [3.8, 4) is 11.1 Å². The summed E-state index contributed by atoms with van der Waals surface area (Å²) in [5.41, 5.74) is 5.18. The van der Waals surface area contributed by atoms with Gasteiger partial charge in [0.25, 0.3) is 0 Å². The molecule has 1 fully saturated rings. The number of nitrogens with zero attached hydrogens (tertiary/aromatic N) is 4. The Morgan fingerprint density at radius 3 is 2.63 bits per heavy atom. The van der Waals surface area contributed by atoms with E-state index in [9.17, 15) is 4.79 Å². The average Bonchev–Trinajstić information content (AvgIpc) is 3.55. The summed E-state index contributed by atoms with van der Waals surface area (Å²) in [5, 5.41) is 12.1. The summed E-state index contributed by atoms with van der Waals surface area (Å²) < 4.78 is 12.3. The Morgan fingerprint density at radius 1 is 0.921 bits per heavy atom. The van der Waals surface area contributed by atoms with Gasteiger partial charge in [0.2, 0.25) is 17.7 Å². The van der Waals surface area contributed by atoms with Crippen molar-refractivity contribution in [2.45, 2.75) is 19.4 Å². The van der Waals surface area contributed by atoms with Crippen LogP contribution < -0.4 is 5.32 Å². The number of fused-ring (bicyclic) bond motifs is 1. The maximum Gasteiger partial charge on any atom is 0.233 e. The number of amides is 1. The molecule has 5 aromatic rings. The number of rotatable bonds is 8. The molecule has 0 bridgehead atoms. The lowest BCUT2D eigenvalue weighted by molar-refractivity contribution is -0.115. The first-order valence-electron chi connectivity index (χ1n) is 12.6. The minimum Gasteiger partial charge on any atom is -0.424 e. The Hall–Kier alpha value is -3.92.